The van der Waals surface area contributed by atoms with Gasteiger partial charge in [-0.2, -0.15) is 0 Å². The molecule has 0 amide bonds. The smallest absolute Gasteiger partial charge is 0.119 e. The summed E-state index contributed by atoms with van der Waals surface area (Å²) in [7, 11) is 0. The number of hydrogen-bond acceptors (Lipinski definition) is 1. The monoisotopic (exact) mass is 154 g/mol. The second-order valence-electron chi connectivity index (χ2n) is 2.21. The molecule has 2 heteroatoms. The Kier molecular flexibility index (Phi) is 2.90. The van der Waals surface area contributed by atoms with Crippen LogP contribution in [0.25, 0.3) is 0 Å². The molecule has 0 unspecified atom stereocenters. The van der Waals surface area contributed by atoms with Crippen molar-refractivity contribution in [2.24, 2.45) is 0 Å². The number of hydrogen-bond donors (Lipinski definition) is 0. The number of alkyl halides is 1. The SMILES string of the molecule is CCOc1cccc(CF)c1. The minimum Gasteiger partial charge on any atom is -0.494 e. The maximum atomic E-state index is 12.1. The average Bonchev–Trinajstić information content (AvgIpc) is 2.06. The largest absolute Gasteiger partial charge is 0.494 e. The first kappa shape index (κ1) is 8.05. The lowest BCUT2D eigenvalue weighted by molar-refractivity contribution is 0.339. The maximum absolute atomic E-state index is 12.1. The topological polar surface area (TPSA) is 9.23 Å². The van der Waals surface area contributed by atoms with E-state index < -0.39 is 6.67 Å². The number of ether oxygens (including phenoxy) is 1. The quantitative estimate of drug-likeness (QED) is 0.650. The fourth-order valence-electron chi connectivity index (χ4n) is 0.885. The molecule has 0 aromatic heterocycles. The highest BCUT2D eigenvalue weighted by Crippen LogP contribution is 2.13. The molecule has 1 nitrogen and oxygen atoms in total. The molecule has 0 aliphatic carbocycles. The van der Waals surface area contributed by atoms with Crippen molar-refractivity contribution in [3.8, 4) is 5.75 Å². The minimum atomic E-state index is -0.430. The van der Waals surface area contributed by atoms with E-state index in [1.807, 2.05) is 13.0 Å². The normalized spacial score (nSPS) is 9.64. The van der Waals surface area contributed by atoms with E-state index in [-0.39, 0.29) is 0 Å². The highest BCUT2D eigenvalue weighted by molar-refractivity contribution is 5.27. The van der Waals surface area contributed by atoms with Gasteiger partial charge in [-0.05, 0) is 24.6 Å². The van der Waals surface area contributed by atoms with Crippen LogP contribution >= 0.6 is 0 Å². The van der Waals surface area contributed by atoms with E-state index in [4.69, 9.17) is 4.74 Å². The van der Waals surface area contributed by atoms with E-state index in [0.717, 1.165) is 5.75 Å². The average molecular weight is 154 g/mol. The molecule has 0 spiro atoms. The second kappa shape index (κ2) is 3.96. The van der Waals surface area contributed by atoms with E-state index in [0.29, 0.717) is 12.2 Å². The van der Waals surface area contributed by atoms with Crippen molar-refractivity contribution in [2.45, 2.75) is 13.6 Å². The zero-order valence-corrected chi connectivity index (χ0v) is 6.51. The van der Waals surface area contributed by atoms with Crippen LogP contribution in [0.15, 0.2) is 24.3 Å². The Bertz CT molecular complexity index is 223. The Morgan fingerprint density at radius 3 is 2.91 bits per heavy atom. The molecule has 0 aliphatic heterocycles. The predicted octanol–water partition coefficient (Wildman–Crippen LogP) is 2.55. The Balaban J connectivity index is 2.74. The zero-order chi connectivity index (χ0) is 8.10. The van der Waals surface area contributed by atoms with Gasteiger partial charge in [-0.25, -0.2) is 4.39 Å². The van der Waals surface area contributed by atoms with Crippen LogP contribution in [0.3, 0.4) is 0 Å². The Morgan fingerprint density at radius 2 is 2.27 bits per heavy atom. The molecular formula is C9H11FO. The number of benzene rings is 1. The third kappa shape index (κ3) is 2.22. The van der Waals surface area contributed by atoms with Crippen LogP contribution in [0.1, 0.15) is 12.5 Å². The van der Waals surface area contributed by atoms with Gasteiger partial charge in [0.1, 0.15) is 12.4 Å². The van der Waals surface area contributed by atoms with Crippen LogP contribution in [0.2, 0.25) is 0 Å². The molecule has 1 aromatic carbocycles. The number of halogens is 1. The molecule has 1 aromatic rings. The fourth-order valence-corrected chi connectivity index (χ4v) is 0.885. The van der Waals surface area contributed by atoms with Crippen molar-refractivity contribution < 1.29 is 9.13 Å². The lowest BCUT2D eigenvalue weighted by Crippen LogP contribution is -1.91. The van der Waals surface area contributed by atoms with Crippen molar-refractivity contribution in [2.75, 3.05) is 6.61 Å². The van der Waals surface area contributed by atoms with E-state index in [1.54, 1.807) is 18.2 Å². The van der Waals surface area contributed by atoms with Crippen LogP contribution in [-0.4, -0.2) is 6.61 Å². The first-order valence-corrected chi connectivity index (χ1v) is 3.64. The Labute approximate surface area is 65.8 Å². The van der Waals surface area contributed by atoms with Crippen LogP contribution < -0.4 is 4.74 Å². The molecule has 0 atom stereocenters. The summed E-state index contributed by atoms with van der Waals surface area (Å²) in [5, 5.41) is 0. The summed E-state index contributed by atoms with van der Waals surface area (Å²) in [5.41, 5.74) is 0.663. The van der Waals surface area contributed by atoms with E-state index in [2.05, 4.69) is 0 Å². The molecule has 60 valence electrons. The molecule has 1 rings (SSSR count). The van der Waals surface area contributed by atoms with Crippen LogP contribution in [0, 0.1) is 0 Å². The van der Waals surface area contributed by atoms with Gasteiger partial charge in [-0.1, -0.05) is 12.1 Å². The molecule has 0 heterocycles. The first-order valence-electron chi connectivity index (χ1n) is 3.64. The first-order chi connectivity index (χ1) is 5.36. The summed E-state index contributed by atoms with van der Waals surface area (Å²) in [4.78, 5) is 0. The van der Waals surface area contributed by atoms with E-state index in [1.165, 1.54) is 0 Å². The van der Waals surface area contributed by atoms with Crippen molar-refractivity contribution in [1.82, 2.24) is 0 Å². The van der Waals surface area contributed by atoms with Crippen molar-refractivity contribution >= 4 is 0 Å². The van der Waals surface area contributed by atoms with Gasteiger partial charge >= 0.3 is 0 Å². The van der Waals surface area contributed by atoms with Crippen LogP contribution in [0.4, 0.5) is 4.39 Å². The third-order valence-corrected chi connectivity index (χ3v) is 1.36. The minimum absolute atomic E-state index is 0.430. The van der Waals surface area contributed by atoms with E-state index >= 15 is 0 Å². The summed E-state index contributed by atoms with van der Waals surface area (Å²) in [6.07, 6.45) is 0. The molecule has 11 heavy (non-hydrogen) atoms. The molecule has 0 saturated heterocycles. The third-order valence-electron chi connectivity index (χ3n) is 1.36. The molecule has 0 radical (unpaired) electrons. The molecule has 0 saturated carbocycles. The fraction of sp³-hybridized carbons (Fsp3) is 0.333. The van der Waals surface area contributed by atoms with Crippen molar-refractivity contribution in [1.29, 1.82) is 0 Å². The van der Waals surface area contributed by atoms with Gasteiger partial charge in [-0.3, -0.25) is 0 Å². The van der Waals surface area contributed by atoms with Gasteiger partial charge in [0, 0.05) is 0 Å². The maximum Gasteiger partial charge on any atom is 0.119 e. The lowest BCUT2D eigenvalue weighted by Gasteiger charge is -2.02. The summed E-state index contributed by atoms with van der Waals surface area (Å²) < 4.78 is 17.3. The molecule has 0 bridgehead atoms. The highest BCUT2D eigenvalue weighted by Gasteiger charge is 1.93. The molecule has 0 aliphatic rings. The summed E-state index contributed by atoms with van der Waals surface area (Å²) in [6.45, 7) is 2.10. The Morgan fingerprint density at radius 1 is 1.45 bits per heavy atom. The van der Waals surface area contributed by atoms with Crippen molar-refractivity contribution in [3.05, 3.63) is 29.8 Å². The van der Waals surface area contributed by atoms with Crippen LogP contribution in [0.5, 0.6) is 5.75 Å². The second-order valence-corrected chi connectivity index (χ2v) is 2.21. The molecule has 0 N–H and O–H groups in total. The number of rotatable bonds is 3. The highest BCUT2D eigenvalue weighted by atomic mass is 19.1. The summed E-state index contributed by atoms with van der Waals surface area (Å²) >= 11 is 0. The molecular weight excluding hydrogens is 143 g/mol. The summed E-state index contributed by atoms with van der Waals surface area (Å²) in [5.74, 6) is 0.739. The standard InChI is InChI=1S/C9H11FO/c1-2-11-9-5-3-4-8(6-9)7-10/h3-6H,2,7H2,1H3. The van der Waals surface area contributed by atoms with Gasteiger partial charge in [0.2, 0.25) is 0 Å². The predicted molar refractivity (Wildman–Crippen MR) is 42.4 cm³/mol. The van der Waals surface area contributed by atoms with Crippen LogP contribution in [-0.2, 0) is 6.67 Å². The van der Waals surface area contributed by atoms with Gasteiger partial charge in [0.25, 0.3) is 0 Å². The van der Waals surface area contributed by atoms with Crippen molar-refractivity contribution in [3.63, 3.8) is 0 Å². The van der Waals surface area contributed by atoms with Gasteiger partial charge in [0.15, 0.2) is 0 Å². The van der Waals surface area contributed by atoms with Gasteiger partial charge < -0.3 is 4.74 Å². The van der Waals surface area contributed by atoms with Gasteiger partial charge in [-0.15, -0.1) is 0 Å². The Hall–Kier alpha value is -1.05. The lowest BCUT2D eigenvalue weighted by atomic mass is 10.2. The van der Waals surface area contributed by atoms with E-state index in [9.17, 15) is 4.39 Å². The summed E-state index contributed by atoms with van der Waals surface area (Å²) in [6, 6.07) is 7.06. The zero-order valence-electron chi connectivity index (χ0n) is 6.51. The molecule has 0 fully saturated rings. The van der Waals surface area contributed by atoms with Gasteiger partial charge in [0.05, 0.1) is 6.61 Å².